The molecule has 4 heteroatoms. The van der Waals surface area contributed by atoms with Crippen LogP contribution in [-0.2, 0) is 9.53 Å². The predicted octanol–water partition coefficient (Wildman–Crippen LogP) is 1.24. The molecule has 0 aromatic heterocycles. The Morgan fingerprint density at radius 1 is 1.53 bits per heavy atom. The van der Waals surface area contributed by atoms with Gasteiger partial charge in [0.25, 0.3) is 0 Å². The van der Waals surface area contributed by atoms with Gasteiger partial charge in [-0.15, -0.1) is 0 Å². The normalized spacial score (nSPS) is 25.0. The van der Waals surface area contributed by atoms with E-state index < -0.39 is 0 Å². The van der Waals surface area contributed by atoms with Crippen LogP contribution in [-0.4, -0.2) is 43.2 Å². The van der Waals surface area contributed by atoms with E-state index in [0.717, 1.165) is 19.5 Å². The second-order valence-electron chi connectivity index (χ2n) is 5.69. The molecule has 1 amide bonds. The summed E-state index contributed by atoms with van der Waals surface area (Å²) in [6.07, 6.45) is 0.900. The van der Waals surface area contributed by atoms with Gasteiger partial charge in [-0.05, 0) is 32.2 Å². The largest absolute Gasteiger partial charge is 0.378 e. The molecule has 0 aromatic carbocycles. The fourth-order valence-electron chi connectivity index (χ4n) is 2.22. The average molecular weight is 242 g/mol. The fraction of sp³-hybridized carbons (Fsp3) is 0.923. The first-order chi connectivity index (χ1) is 7.91. The van der Waals surface area contributed by atoms with E-state index in [4.69, 9.17) is 10.5 Å². The van der Waals surface area contributed by atoms with Crippen LogP contribution < -0.4 is 5.73 Å². The van der Waals surface area contributed by atoms with E-state index in [1.54, 1.807) is 0 Å². The Bertz CT molecular complexity index is 266. The minimum absolute atomic E-state index is 0.0195. The van der Waals surface area contributed by atoms with Crippen molar-refractivity contribution in [1.29, 1.82) is 0 Å². The zero-order valence-electron chi connectivity index (χ0n) is 11.5. The van der Waals surface area contributed by atoms with Crippen molar-refractivity contribution in [2.75, 3.05) is 26.2 Å². The first-order valence-corrected chi connectivity index (χ1v) is 6.51. The summed E-state index contributed by atoms with van der Waals surface area (Å²) in [5.74, 6) is 0.252. The van der Waals surface area contributed by atoms with Crippen LogP contribution in [0.4, 0.5) is 0 Å². The topological polar surface area (TPSA) is 55.6 Å². The molecule has 0 aliphatic carbocycles. The van der Waals surface area contributed by atoms with E-state index in [0.29, 0.717) is 13.2 Å². The first-order valence-electron chi connectivity index (χ1n) is 6.51. The van der Waals surface area contributed by atoms with Gasteiger partial charge in [0.2, 0.25) is 5.91 Å². The van der Waals surface area contributed by atoms with Crippen LogP contribution in [0.5, 0.6) is 0 Å². The Balaban J connectivity index is 2.64. The van der Waals surface area contributed by atoms with Crippen molar-refractivity contribution in [3.8, 4) is 0 Å². The lowest BCUT2D eigenvalue weighted by molar-refractivity contribution is -0.138. The lowest BCUT2D eigenvalue weighted by Crippen LogP contribution is -2.45. The lowest BCUT2D eigenvalue weighted by Gasteiger charge is -2.33. The van der Waals surface area contributed by atoms with Gasteiger partial charge in [0, 0.05) is 19.7 Å². The highest BCUT2D eigenvalue weighted by atomic mass is 16.5. The van der Waals surface area contributed by atoms with Gasteiger partial charge in [0.05, 0.1) is 12.0 Å². The zero-order chi connectivity index (χ0) is 13.1. The third-order valence-electron chi connectivity index (χ3n) is 3.56. The van der Waals surface area contributed by atoms with E-state index in [1.807, 2.05) is 18.7 Å². The van der Waals surface area contributed by atoms with Crippen molar-refractivity contribution in [2.24, 2.45) is 17.1 Å². The molecular weight excluding hydrogens is 216 g/mol. The van der Waals surface area contributed by atoms with Gasteiger partial charge in [-0.1, -0.05) is 13.8 Å². The standard InChI is InChI=1S/C13H26N2O2/c1-5-15(9-13(3,4)8-14)12(16)11-6-7-17-10(11)2/h10-11H,5-9,14H2,1-4H3. The molecule has 1 saturated heterocycles. The number of amides is 1. The zero-order valence-corrected chi connectivity index (χ0v) is 11.5. The summed E-state index contributed by atoms with van der Waals surface area (Å²) >= 11 is 0. The Morgan fingerprint density at radius 2 is 2.18 bits per heavy atom. The molecular formula is C13H26N2O2. The summed E-state index contributed by atoms with van der Waals surface area (Å²) in [7, 11) is 0. The van der Waals surface area contributed by atoms with E-state index in [9.17, 15) is 4.79 Å². The van der Waals surface area contributed by atoms with Gasteiger partial charge in [-0.25, -0.2) is 0 Å². The number of carbonyl (C=O) groups is 1. The minimum Gasteiger partial charge on any atom is -0.378 e. The van der Waals surface area contributed by atoms with Crippen LogP contribution in [0.1, 0.15) is 34.1 Å². The molecule has 1 fully saturated rings. The smallest absolute Gasteiger partial charge is 0.228 e. The molecule has 1 aliphatic heterocycles. The number of rotatable bonds is 5. The lowest BCUT2D eigenvalue weighted by atomic mass is 9.92. The molecule has 0 aromatic rings. The highest BCUT2D eigenvalue weighted by molar-refractivity contribution is 5.79. The van der Waals surface area contributed by atoms with Crippen molar-refractivity contribution in [3.05, 3.63) is 0 Å². The number of hydrogen-bond acceptors (Lipinski definition) is 3. The maximum atomic E-state index is 12.4. The maximum Gasteiger partial charge on any atom is 0.228 e. The van der Waals surface area contributed by atoms with Crippen LogP contribution in [0.15, 0.2) is 0 Å². The van der Waals surface area contributed by atoms with Crippen molar-refractivity contribution >= 4 is 5.91 Å². The highest BCUT2D eigenvalue weighted by Gasteiger charge is 2.34. The molecule has 1 aliphatic rings. The van der Waals surface area contributed by atoms with Crippen molar-refractivity contribution in [3.63, 3.8) is 0 Å². The van der Waals surface area contributed by atoms with Gasteiger partial charge in [0.1, 0.15) is 0 Å². The Morgan fingerprint density at radius 3 is 2.59 bits per heavy atom. The van der Waals surface area contributed by atoms with Gasteiger partial charge in [-0.3, -0.25) is 4.79 Å². The summed E-state index contributed by atoms with van der Waals surface area (Å²) in [4.78, 5) is 14.3. The van der Waals surface area contributed by atoms with Gasteiger partial charge >= 0.3 is 0 Å². The third-order valence-corrected chi connectivity index (χ3v) is 3.56. The predicted molar refractivity (Wildman–Crippen MR) is 68.6 cm³/mol. The maximum absolute atomic E-state index is 12.4. The molecule has 0 radical (unpaired) electrons. The summed E-state index contributed by atoms with van der Waals surface area (Å²) in [5, 5.41) is 0. The average Bonchev–Trinajstić information content (AvgIpc) is 2.71. The number of ether oxygens (including phenoxy) is 1. The van der Waals surface area contributed by atoms with Crippen LogP contribution in [0, 0.1) is 11.3 Å². The molecule has 17 heavy (non-hydrogen) atoms. The summed E-state index contributed by atoms with van der Waals surface area (Å²) in [5.41, 5.74) is 5.71. The molecule has 4 nitrogen and oxygen atoms in total. The van der Waals surface area contributed by atoms with Crippen molar-refractivity contribution < 1.29 is 9.53 Å². The first kappa shape index (κ1) is 14.5. The second kappa shape index (κ2) is 5.83. The van der Waals surface area contributed by atoms with Crippen LogP contribution in [0.3, 0.4) is 0 Å². The number of hydrogen-bond donors (Lipinski definition) is 1. The van der Waals surface area contributed by atoms with Crippen LogP contribution in [0.2, 0.25) is 0 Å². The summed E-state index contributed by atoms with van der Waals surface area (Å²) < 4.78 is 5.47. The molecule has 0 bridgehead atoms. The summed E-state index contributed by atoms with van der Waals surface area (Å²) in [6.45, 7) is 11.0. The molecule has 2 atom stereocenters. The quantitative estimate of drug-likeness (QED) is 0.789. The van der Waals surface area contributed by atoms with Crippen LogP contribution >= 0.6 is 0 Å². The number of carbonyl (C=O) groups excluding carboxylic acids is 1. The van der Waals surface area contributed by atoms with E-state index >= 15 is 0 Å². The highest BCUT2D eigenvalue weighted by Crippen LogP contribution is 2.24. The molecule has 0 saturated carbocycles. The summed E-state index contributed by atoms with van der Waals surface area (Å²) in [6, 6.07) is 0. The monoisotopic (exact) mass is 242 g/mol. The van der Waals surface area contributed by atoms with E-state index in [-0.39, 0.29) is 23.3 Å². The van der Waals surface area contributed by atoms with E-state index in [2.05, 4.69) is 13.8 Å². The third kappa shape index (κ3) is 3.68. The van der Waals surface area contributed by atoms with Gasteiger partial charge < -0.3 is 15.4 Å². The molecule has 0 spiro atoms. The van der Waals surface area contributed by atoms with Crippen molar-refractivity contribution in [2.45, 2.75) is 40.2 Å². The second-order valence-corrected chi connectivity index (χ2v) is 5.69. The molecule has 1 heterocycles. The van der Waals surface area contributed by atoms with Crippen molar-refractivity contribution in [1.82, 2.24) is 4.90 Å². The molecule has 2 N–H and O–H groups in total. The van der Waals surface area contributed by atoms with Gasteiger partial charge in [-0.2, -0.15) is 0 Å². The Labute approximate surface area is 104 Å². The fourth-order valence-corrected chi connectivity index (χ4v) is 2.22. The minimum atomic E-state index is -0.0195. The molecule has 100 valence electrons. The van der Waals surface area contributed by atoms with Crippen LogP contribution in [0.25, 0.3) is 0 Å². The Hall–Kier alpha value is -0.610. The molecule has 1 rings (SSSR count). The number of nitrogens with two attached hydrogens (primary N) is 1. The molecule has 2 unspecified atom stereocenters. The number of nitrogens with zero attached hydrogens (tertiary/aromatic N) is 1. The Kier molecular flexibility index (Phi) is 4.95. The SMILES string of the molecule is CCN(CC(C)(C)CN)C(=O)C1CCOC1C. The van der Waals surface area contributed by atoms with Gasteiger partial charge in [0.15, 0.2) is 0 Å². The van der Waals surface area contributed by atoms with E-state index in [1.165, 1.54) is 0 Å².